The van der Waals surface area contributed by atoms with Crippen molar-refractivity contribution in [3.8, 4) is 34.8 Å². The van der Waals surface area contributed by atoms with Crippen molar-refractivity contribution in [3.05, 3.63) is 72.6 Å². The number of aromatic nitrogens is 4. The second-order valence-corrected chi connectivity index (χ2v) is 12.0. The van der Waals surface area contributed by atoms with Crippen LogP contribution in [-0.2, 0) is 20.2 Å². The molecule has 12 nitrogen and oxygen atoms in total. The maximum Gasteiger partial charge on any atom is 0.309 e. The molecule has 4 aromatic rings. The van der Waals surface area contributed by atoms with Crippen molar-refractivity contribution >= 4 is 21.8 Å². The van der Waals surface area contributed by atoms with Crippen LogP contribution >= 0.6 is 0 Å². The summed E-state index contributed by atoms with van der Waals surface area (Å²) >= 11 is 0. The molecule has 0 radical (unpaired) electrons. The second kappa shape index (κ2) is 12.4. The second-order valence-electron chi connectivity index (χ2n) is 10.3. The summed E-state index contributed by atoms with van der Waals surface area (Å²) in [6, 6.07) is 14.7. The van der Waals surface area contributed by atoms with E-state index in [0.717, 1.165) is 5.56 Å². The molecular formula is C29H31N5O7S. The highest BCUT2D eigenvalue weighted by Crippen LogP contribution is 2.41. The zero-order valence-electron chi connectivity index (χ0n) is 23.7. The summed E-state index contributed by atoms with van der Waals surface area (Å²) in [6.07, 6.45) is 2.94. The number of carboxylic acids is 1. The predicted molar refractivity (Wildman–Crippen MR) is 154 cm³/mol. The quantitative estimate of drug-likeness (QED) is 0.242. The van der Waals surface area contributed by atoms with Crippen LogP contribution in [0, 0.1) is 5.92 Å². The van der Waals surface area contributed by atoms with E-state index in [1.165, 1.54) is 38.6 Å². The first-order valence-corrected chi connectivity index (χ1v) is 14.4. The van der Waals surface area contributed by atoms with Gasteiger partial charge in [-0.2, -0.15) is 4.98 Å². The third-order valence-electron chi connectivity index (χ3n) is 6.03. The minimum atomic E-state index is -4.21. The van der Waals surface area contributed by atoms with Gasteiger partial charge in [-0.25, -0.2) is 23.4 Å². The normalized spacial score (nSPS) is 12.3. The van der Waals surface area contributed by atoms with Crippen molar-refractivity contribution in [2.24, 2.45) is 5.92 Å². The fourth-order valence-electron chi connectivity index (χ4n) is 3.61. The number of aliphatic carboxylic acids is 1. The molecule has 0 fully saturated rings. The van der Waals surface area contributed by atoms with Crippen LogP contribution < -0.4 is 18.9 Å². The Morgan fingerprint density at radius 2 is 1.60 bits per heavy atom. The maximum absolute atomic E-state index is 13.6. The highest BCUT2D eigenvalue weighted by Gasteiger charge is 2.27. The monoisotopic (exact) mass is 593 g/mol. The lowest BCUT2D eigenvalue weighted by Crippen LogP contribution is -2.20. The SMILES string of the molecule is COc1ccccc1Oc1c(NS(=O)(=O)c2ccc(C(C)(C)C)cc2)nc(-c2ncccn2)nc1OCC(C)C(=O)O. The van der Waals surface area contributed by atoms with Crippen LogP contribution in [0.1, 0.15) is 33.3 Å². The molecule has 4 rings (SSSR count). The molecule has 2 N–H and O–H groups in total. The van der Waals surface area contributed by atoms with Crippen molar-refractivity contribution < 1.29 is 32.5 Å². The number of sulfonamides is 1. The number of hydrogen-bond acceptors (Lipinski definition) is 10. The van der Waals surface area contributed by atoms with Crippen LogP contribution in [0.25, 0.3) is 11.6 Å². The standard InChI is InChI=1S/C29H31N5O7S/c1-18(28(35)36)17-40-27-23(41-22-10-7-6-9-21(22)39-5)24(32-26(33-27)25-30-15-8-16-31-25)34-42(37,38)20-13-11-19(12-14-20)29(2,3)4/h6-16,18H,17H2,1-5H3,(H,35,36)(H,32,33,34). The summed E-state index contributed by atoms with van der Waals surface area (Å²) in [5.41, 5.74) is 0.776. The third kappa shape index (κ3) is 7.10. The Balaban J connectivity index is 1.87. The first-order valence-electron chi connectivity index (χ1n) is 12.9. The number of ether oxygens (including phenoxy) is 3. The smallest absolute Gasteiger partial charge is 0.309 e. The zero-order valence-corrected chi connectivity index (χ0v) is 24.5. The fraction of sp³-hybridized carbons (Fsp3) is 0.276. The minimum Gasteiger partial charge on any atom is -0.493 e. The topological polar surface area (TPSA) is 163 Å². The van der Waals surface area contributed by atoms with Gasteiger partial charge in [0, 0.05) is 12.4 Å². The van der Waals surface area contributed by atoms with Crippen molar-refractivity contribution in [1.29, 1.82) is 0 Å². The van der Waals surface area contributed by atoms with Gasteiger partial charge in [0.2, 0.25) is 11.6 Å². The summed E-state index contributed by atoms with van der Waals surface area (Å²) < 4.78 is 47.0. The number of para-hydroxylation sites is 2. The van der Waals surface area contributed by atoms with Crippen molar-refractivity contribution in [3.63, 3.8) is 0 Å². The summed E-state index contributed by atoms with van der Waals surface area (Å²) in [5, 5.41) is 9.40. The van der Waals surface area contributed by atoms with E-state index in [1.54, 1.807) is 42.5 Å². The van der Waals surface area contributed by atoms with Gasteiger partial charge < -0.3 is 19.3 Å². The Kier molecular flexibility index (Phi) is 8.90. The first kappa shape index (κ1) is 30.2. The molecule has 0 bridgehead atoms. The Hall–Kier alpha value is -4.78. The van der Waals surface area contributed by atoms with Crippen LogP contribution in [0.4, 0.5) is 5.82 Å². The third-order valence-corrected chi connectivity index (χ3v) is 7.39. The Bertz CT molecular complexity index is 1660. The molecule has 1 unspecified atom stereocenters. The molecular weight excluding hydrogens is 562 g/mol. The number of hydrogen-bond donors (Lipinski definition) is 2. The Morgan fingerprint density at radius 3 is 2.19 bits per heavy atom. The number of anilines is 1. The largest absolute Gasteiger partial charge is 0.493 e. The zero-order chi connectivity index (χ0) is 30.5. The van der Waals surface area contributed by atoms with Crippen LogP contribution in [-0.4, -0.2) is 53.1 Å². The van der Waals surface area contributed by atoms with Gasteiger partial charge in [-0.3, -0.25) is 9.52 Å². The van der Waals surface area contributed by atoms with E-state index in [1.807, 2.05) is 20.8 Å². The van der Waals surface area contributed by atoms with E-state index < -0.39 is 21.9 Å². The van der Waals surface area contributed by atoms with E-state index in [2.05, 4.69) is 24.7 Å². The number of nitrogens with one attached hydrogen (secondary N) is 1. The van der Waals surface area contributed by atoms with E-state index in [-0.39, 0.29) is 51.8 Å². The summed E-state index contributed by atoms with van der Waals surface area (Å²) in [7, 11) is -2.76. The molecule has 0 saturated heterocycles. The van der Waals surface area contributed by atoms with Crippen LogP contribution in [0.3, 0.4) is 0 Å². The van der Waals surface area contributed by atoms with Crippen molar-refractivity contribution in [2.45, 2.75) is 38.0 Å². The molecule has 2 aromatic heterocycles. The molecule has 13 heteroatoms. The number of rotatable bonds is 11. The Morgan fingerprint density at radius 1 is 0.952 bits per heavy atom. The highest BCUT2D eigenvalue weighted by molar-refractivity contribution is 7.92. The highest BCUT2D eigenvalue weighted by atomic mass is 32.2. The molecule has 0 aliphatic carbocycles. The number of methoxy groups -OCH3 is 1. The molecule has 42 heavy (non-hydrogen) atoms. The van der Waals surface area contributed by atoms with Gasteiger partial charge in [0.1, 0.15) is 6.61 Å². The number of benzene rings is 2. The molecule has 1 atom stereocenters. The molecule has 2 aromatic carbocycles. The predicted octanol–water partition coefficient (Wildman–Crippen LogP) is 4.93. The van der Waals surface area contributed by atoms with Gasteiger partial charge in [-0.05, 0) is 48.2 Å². The average molecular weight is 594 g/mol. The van der Waals surface area contributed by atoms with Gasteiger partial charge in [0.25, 0.3) is 15.9 Å². The number of carboxylic acid groups (broad SMARTS) is 1. The number of carbonyl (C=O) groups is 1. The molecule has 2 heterocycles. The van der Waals surface area contributed by atoms with Gasteiger partial charge in [-0.1, -0.05) is 45.0 Å². The van der Waals surface area contributed by atoms with E-state index in [0.29, 0.717) is 5.75 Å². The van der Waals surface area contributed by atoms with Gasteiger partial charge in [0.05, 0.1) is 17.9 Å². The molecule has 0 aliphatic heterocycles. The lowest BCUT2D eigenvalue weighted by atomic mass is 9.87. The molecule has 0 saturated carbocycles. The van der Waals surface area contributed by atoms with Crippen molar-refractivity contribution in [1.82, 2.24) is 19.9 Å². The molecule has 0 amide bonds. The van der Waals surface area contributed by atoms with Gasteiger partial charge in [-0.15, -0.1) is 0 Å². The van der Waals surface area contributed by atoms with Crippen LogP contribution in [0.2, 0.25) is 0 Å². The van der Waals surface area contributed by atoms with Gasteiger partial charge in [0.15, 0.2) is 23.1 Å². The minimum absolute atomic E-state index is 0.0168. The number of nitrogens with zero attached hydrogens (tertiary/aromatic N) is 4. The average Bonchev–Trinajstić information content (AvgIpc) is 2.97. The van der Waals surface area contributed by atoms with Crippen LogP contribution in [0.15, 0.2) is 71.9 Å². The lowest BCUT2D eigenvalue weighted by molar-refractivity contribution is -0.142. The molecule has 0 aliphatic rings. The Labute approximate surface area is 243 Å². The summed E-state index contributed by atoms with van der Waals surface area (Å²) in [4.78, 5) is 28.6. The summed E-state index contributed by atoms with van der Waals surface area (Å²) in [6.45, 7) is 7.23. The lowest BCUT2D eigenvalue weighted by Gasteiger charge is -2.20. The van der Waals surface area contributed by atoms with E-state index in [9.17, 15) is 18.3 Å². The first-order chi connectivity index (χ1) is 19.9. The van der Waals surface area contributed by atoms with Crippen molar-refractivity contribution in [2.75, 3.05) is 18.4 Å². The summed E-state index contributed by atoms with van der Waals surface area (Å²) in [5.74, 6) is -2.20. The molecule has 220 valence electrons. The van der Waals surface area contributed by atoms with E-state index in [4.69, 9.17) is 14.2 Å². The maximum atomic E-state index is 13.6. The van der Waals surface area contributed by atoms with Gasteiger partial charge >= 0.3 is 5.97 Å². The fourth-order valence-corrected chi connectivity index (χ4v) is 4.62. The molecule has 0 spiro atoms. The van der Waals surface area contributed by atoms with E-state index >= 15 is 0 Å². The van der Waals surface area contributed by atoms with Crippen LogP contribution in [0.5, 0.6) is 23.1 Å².